The van der Waals surface area contributed by atoms with E-state index in [4.69, 9.17) is 9.84 Å². The summed E-state index contributed by atoms with van der Waals surface area (Å²) in [6.07, 6.45) is 6.91. The molecule has 1 N–H and O–H groups in total. The first kappa shape index (κ1) is 12.8. The molecule has 1 rings (SSSR count). The molecule has 0 aliphatic rings. The van der Waals surface area contributed by atoms with Crippen molar-refractivity contribution < 1.29 is 14.6 Å². The highest BCUT2D eigenvalue weighted by atomic mass is 16.5. The predicted molar refractivity (Wildman–Crippen MR) is 67.1 cm³/mol. The molecule has 88 valence electrons. The van der Waals surface area contributed by atoms with Crippen LogP contribution in [0.1, 0.15) is 17.3 Å². The van der Waals surface area contributed by atoms with Crippen molar-refractivity contribution in [1.29, 1.82) is 0 Å². The van der Waals surface area contributed by atoms with Crippen LogP contribution in [0, 0.1) is 0 Å². The molecule has 0 saturated carbocycles. The van der Waals surface area contributed by atoms with Crippen LogP contribution in [0.4, 0.5) is 0 Å². The topological polar surface area (TPSA) is 46.5 Å². The quantitative estimate of drug-likeness (QED) is 0.622. The van der Waals surface area contributed by atoms with Crippen LogP contribution in [0.15, 0.2) is 60.9 Å². The van der Waals surface area contributed by atoms with E-state index in [1.54, 1.807) is 30.4 Å². The summed E-state index contributed by atoms with van der Waals surface area (Å²) in [7, 11) is 0. The van der Waals surface area contributed by atoms with E-state index in [9.17, 15) is 4.79 Å². The number of carboxylic acids is 1. The van der Waals surface area contributed by atoms with Crippen molar-refractivity contribution in [2.24, 2.45) is 0 Å². The van der Waals surface area contributed by atoms with E-state index >= 15 is 0 Å². The normalized spacial score (nSPS) is 11.5. The second-order valence-electron chi connectivity index (χ2n) is 3.24. The van der Waals surface area contributed by atoms with Crippen molar-refractivity contribution in [2.75, 3.05) is 0 Å². The van der Waals surface area contributed by atoms with Gasteiger partial charge in [0.15, 0.2) is 0 Å². The average Bonchev–Trinajstić information content (AvgIpc) is 2.30. The molecule has 0 heterocycles. The predicted octanol–water partition coefficient (Wildman–Crippen LogP) is 3.41. The lowest BCUT2D eigenvalue weighted by Gasteiger charge is -2.06. The number of aromatic carboxylic acids is 1. The second-order valence-corrected chi connectivity index (χ2v) is 3.24. The average molecular weight is 230 g/mol. The van der Waals surface area contributed by atoms with Gasteiger partial charge < -0.3 is 9.84 Å². The minimum atomic E-state index is -0.976. The van der Waals surface area contributed by atoms with E-state index < -0.39 is 5.97 Å². The van der Waals surface area contributed by atoms with Gasteiger partial charge in [-0.05, 0) is 37.3 Å². The molecule has 0 bridgehead atoms. The first-order valence-corrected chi connectivity index (χ1v) is 5.14. The van der Waals surface area contributed by atoms with Crippen LogP contribution in [0.25, 0.3) is 0 Å². The summed E-state index contributed by atoms with van der Waals surface area (Å²) >= 11 is 0. The van der Waals surface area contributed by atoms with Crippen LogP contribution in [0.2, 0.25) is 0 Å². The van der Waals surface area contributed by atoms with Crippen molar-refractivity contribution in [1.82, 2.24) is 0 Å². The number of benzene rings is 1. The molecule has 0 unspecified atom stereocenters. The molecular weight excluding hydrogens is 216 g/mol. The molecule has 1 aromatic rings. The number of carbonyl (C=O) groups is 1. The lowest BCUT2D eigenvalue weighted by molar-refractivity contribution is 0.0696. The summed E-state index contributed by atoms with van der Waals surface area (Å²) in [6, 6.07) is 6.33. The highest BCUT2D eigenvalue weighted by Crippen LogP contribution is 2.16. The highest BCUT2D eigenvalue weighted by molar-refractivity contribution is 5.88. The Kier molecular flexibility index (Phi) is 4.76. The molecule has 0 saturated heterocycles. The SMILES string of the molecule is C=C/C=C(\C=C/C)Oc1cccc(C(=O)O)c1. The summed E-state index contributed by atoms with van der Waals surface area (Å²) in [5, 5.41) is 8.85. The van der Waals surface area contributed by atoms with Crippen molar-refractivity contribution in [3.63, 3.8) is 0 Å². The first-order chi connectivity index (χ1) is 8.17. The molecule has 3 heteroatoms. The Balaban J connectivity index is 2.93. The third-order valence-corrected chi connectivity index (χ3v) is 1.93. The number of hydrogen-bond acceptors (Lipinski definition) is 2. The van der Waals surface area contributed by atoms with Gasteiger partial charge in [-0.1, -0.05) is 24.8 Å². The Morgan fingerprint density at radius 3 is 2.82 bits per heavy atom. The standard InChI is InChI=1S/C14H14O3/c1-3-6-12(7-4-2)17-13-9-5-8-11(10-13)14(15)16/h3-10H,1H2,2H3,(H,15,16)/b7-4-,12-6+. The van der Waals surface area contributed by atoms with Gasteiger partial charge in [-0.2, -0.15) is 0 Å². The zero-order valence-electron chi connectivity index (χ0n) is 9.59. The van der Waals surface area contributed by atoms with E-state index in [-0.39, 0.29) is 5.56 Å². The molecule has 0 fully saturated rings. The first-order valence-electron chi connectivity index (χ1n) is 5.14. The van der Waals surface area contributed by atoms with Crippen LogP contribution in [0.5, 0.6) is 5.75 Å². The zero-order valence-corrected chi connectivity index (χ0v) is 9.59. The summed E-state index contributed by atoms with van der Waals surface area (Å²) in [4.78, 5) is 10.8. The molecule has 0 atom stereocenters. The molecule has 17 heavy (non-hydrogen) atoms. The molecule has 3 nitrogen and oxygen atoms in total. The Morgan fingerprint density at radius 1 is 1.47 bits per heavy atom. The van der Waals surface area contributed by atoms with E-state index in [0.29, 0.717) is 11.5 Å². The van der Waals surface area contributed by atoms with Gasteiger partial charge in [-0.25, -0.2) is 4.79 Å². The summed E-state index contributed by atoms with van der Waals surface area (Å²) < 4.78 is 5.53. The Hall–Kier alpha value is -2.29. The van der Waals surface area contributed by atoms with Crippen molar-refractivity contribution >= 4 is 5.97 Å². The largest absolute Gasteiger partial charge is 0.478 e. The number of carboxylic acid groups (broad SMARTS) is 1. The van der Waals surface area contributed by atoms with Crippen LogP contribution in [0.3, 0.4) is 0 Å². The minimum absolute atomic E-state index is 0.195. The van der Waals surface area contributed by atoms with Crippen LogP contribution < -0.4 is 4.74 Å². The molecule has 0 aliphatic heterocycles. The number of ether oxygens (including phenoxy) is 1. The van der Waals surface area contributed by atoms with Gasteiger partial charge in [-0.15, -0.1) is 0 Å². The molecule has 0 radical (unpaired) electrons. The molecule has 0 amide bonds. The fourth-order valence-electron chi connectivity index (χ4n) is 1.23. The minimum Gasteiger partial charge on any atom is -0.478 e. The third kappa shape index (κ3) is 3.99. The smallest absolute Gasteiger partial charge is 0.335 e. The molecule has 1 aromatic carbocycles. The van der Waals surface area contributed by atoms with Crippen molar-refractivity contribution in [2.45, 2.75) is 6.92 Å². The van der Waals surface area contributed by atoms with E-state index in [1.807, 2.05) is 13.0 Å². The fourth-order valence-corrected chi connectivity index (χ4v) is 1.23. The van der Waals surface area contributed by atoms with Gasteiger partial charge in [0.1, 0.15) is 11.5 Å². The summed E-state index contributed by atoms with van der Waals surface area (Å²) in [5.41, 5.74) is 0.195. The van der Waals surface area contributed by atoms with Crippen LogP contribution in [-0.2, 0) is 0 Å². The van der Waals surface area contributed by atoms with Gasteiger partial charge in [0.05, 0.1) is 5.56 Å². The molecule has 0 spiro atoms. The molecule has 0 aromatic heterocycles. The van der Waals surface area contributed by atoms with Crippen molar-refractivity contribution in [3.8, 4) is 5.75 Å². The third-order valence-electron chi connectivity index (χ3n) is 1.93. The molecular formula is C14H14O3. The second kappa shape index (κ2) is 6.33. The van der Waals surface area contributed by atoms with Gasteiger partial charge >= 0.3 is 5.97 Å². The van der Waals surface area contributed by atoms with E-state index in [0.717, 1.165) is 0 Å². The maximum atomic E-state index is 10.8. The number of hydrogen-bond donors (Lipinski definition) is 1. The Morgan fingerprint density at radius 2 is 2.24 bits per heavy atom. The maximum Gasteiger partial charge on any atom is 0.335 e. The highest BCUT2D eigenvalue weighted by Gasteiger charge is 2.04. The number of allylic oxidation sites excluding steroid dienone is 4. The fraction of sp³-hybridized carbons (Fsp3) is 0.0714. The van der Waals surface area contributed by atoms with Crippen LogP contribution >= 0.6 is 0 Å². The molecule has 0 aliphatic carbocycles. The van der Waals surface area contributed by atoms with Gasteiger partial charge in [0, 0.05) is 0 Å². The van der Waals surface area contributed by atoms with Gasteiger partial charge in [0.2, 0.25) is 0 Å². The zero-order chi connectivity index (χ0) is 12.7. The summed E-state index contributed by atoms with van der Waals surface area (Å²) in [5.74, 6) is 0.108. The Bertz CT molecular complexity index is 470. The lowest BCUT2D eigenvalue weighted by atomic mass is 10.2. The monoisotopic (exact) mass is 230 g/mol. The van der Waals surface area contributed by atoms with Gasteiger partial charge in [0.25, 0.3) is 0 Å². The van der Waals surface area contributed by atoms with Gasteiger partial charge in [-0.3, -0.25) is 0 Å². The van der Waals surface area contributed by atoms with Crippen LogP contribution in [-0.4, -0.2) is 11.1 Å². The van der Waals surface area contributed by atoms with E-state index in [1.165, 1.54) is 12.1 Å². The summed E-state index contributed by atoms with van der Waals surface area (Å²) in [6.45, 7) is 5.45. The number of rotatable bonds is 5. The lowest BCUT2D eigenvalue weighted by Crippen LogP contribution is -1.97. The van der Waals surface area contributed by atoms with E-state index in [2.05, 4.69) is 6.58 Å². The Labute approximate surface area is 100 Å². The van der Waals surface area contributed by atoms with Crippen molar-refractivity contribution in [3.05, 3.63) is 66.5 Å². The maximum absolute atomic E-state index is 10.8.